The highest BCUT2D eigenvalue weighted by Gasteiger charge is 2.29. The van der Waals surface area contributed by atoms with Gasteiger partial charge in [0.15, 0.2) is 0 Å². The number of carbonyl (C=O) groups excluding carboxylic acids is 1. The Hall–Kier alpha value is -0.570. The van der Waals surface area contributed by atoms with Crippen LogP contribution in [0, 0.1) is 5.41 Å². The van der Waals surface area contributed by atoms with E-state index in [0.717, 1.165) is 12.8 Å². The summed E-state index contributed by atoms with van der Waals surface area (Å²) in [5.41, 5.74) is 0.118. The molecule has 1 amide bonds. The predicted octanol–water partition coefficient (Wildman–Crippen LogP) is 1.06. The summed E-state index contributed by atoms with van der Waals surface area (Å²) >= 11 is 0. The molecule has 0 saturated carbocycles. The SMILES string of the molecule is CC(C)(C)C[C@@H](O)[C@H]1CCC(=O)N1. The van der Waals surface area contributed by atoms with Crippen molar-refractivity contribution in [2.45, 2.75) is 52.2 Å². The summed E-state index contributed by atoms with van der Waals surface area (Å²) in [5, 5.41) is 12.6. The molecule has 2 atom stereocenters. The van der Waals surface area contributed by atoms with E-state index in [2.05, 4.69) is 26.1 Å². The Kier molecular flexibility index (Phi) is 2.96. The second kappa shape index (κ2) is 3.66. The minimum atomic E-state index is -0.397. The van der Waals surface area contributed by atoms with Crippen LogP contribution in [0.1, 0.15) is 40.0 Å². The maximum atomic E-state index is 10.9. The standard InChI is InChI=1S/C10H19NO2/c1-10(2,3)6-8(12)7-4-5-9(13)11-7/h7-8,12H,4-6H2,1-3H3,(H,11,13)/t7-,8-/m1/s1. The zero-order valence-electron chi connectivity index (χ0n) is 8.63. The van der Waals surface area contributed by atoms with Gasteiger partial charge in [-0.25, -0.2) is 0 Å². The van der Waals surface area contributed by atoms with Crippen molar-refractivity contribution in [3.05, 3.63) is 0 Å². The van der Waals surface area contributed by atoms with Crippen molar-refractivity contribution in [1.29, 1.82) is 0 Å². The summed E-state index contributed by atoms with van der Waals surface area (Å²) in [5.74, 6) is 0.0676. The summed E-state index contributed by atoms with van der Waals surface area (Å²) in [6.45, 7) is 6.27. The Morgan fingerprint density at radius 2 is 2.23 bits per heavy atom. The number of hydrogen-bond donors (Lipinski definition) is 2. The fourth-order valence-electron chi connectivity index (χ4n) is 1.70. The Morgan fingerprint density at radius 3 is 2.62 bits per heavy atom. The monoisotopic (exact) mass is 185 g/mol. The second-order valence-electron chi connectivity index (χ2n) is 5.04. The van der Waals surface area contributed by atoms with Crippen LogP contribution in [-0.4, -0.2) is 23.2 Å². The van der Waals surface area contributed by atoms with E-state index in [1.165, 1.54) is 0 Å². The number of hydrogen-bond acceptors (Lipinski definition) is 2. The van der Waals surface area contributed by atoms with Crippen molar-refractivity contribution in [2.75, 3.05) is 0 Å². The van der Waals surface area contributed by atoms with Crippen LogP contribution in [0.2, 0.25) is 0 Å². The molecule has 0 unspecified atom stereocenters. The van der Waals surface area contributed by atoms with Crippen LogP contribution in [0.3, 0.4) is 0 Å². The zero-order valence-corrected chi connectivity index (χ0v) is 8.63. The van der Waals surface area contributed by atoms with Gasteiger partial charge in [-0.05, 0) is 18.3 Å². The molecule has 0 aromatic rings. The summed E-state index contributed by atoms with van der Waals surface area (Å²) in [7, 11) is 0. The minimum Gasteiger partial charge on any atom is -0.391 e. The molecule has 3 nitrogen and oxygen atoms in total. The molecule has 1 aliphatic rings. The molecule has 2 N–H and O–H groups in total. The highest BCUT2D eigenvalue weighted by molar-refractivity contribution is 5.78. The van der Waals surface area contributed by atoms with Gasteiger partial charge >= 0.3 is 0 Å². The van der Waals surface area contributed by atoms with Crippen LogP contribution in [0.25, 0.3) is 0 Å². The van der Waals surface area contributed by atoms with Crippen molar-refractivity contribution >= 4 is 5.91 Å². The van der Waals surface area contributed by atoms with Gasteiger partial charge in [-0.15, -0.1) is 0 Å². The molecule has 3 heteroatoms. The largest absolute Gasteiger partial charge is 0.391 e. The summed E-state index contributed by atoms with van der Waals surface area (Å²) in [4.78, 5) is 10.9. The van der Waals surface area contributed by atoms with Crippen LogP contribution in [0.5, 0.6) is 0 Å². The van der Waals surface area contributed by atoms with E-state index in [1.807, 2.05) is 0 Å². The molecule has 0 aromatic carbocycles. The van der Waals surface area contributed by atoms with Gasteiger partial charge in [0.25, 0.3) is 0 Å². The molecule has 76 valence electrons. The molecule has 1 heterocycles. The normalized spacial score (nSPS) is 25.8. The van der Waals surface area contributed by atoms with Crippen LogP contribution in [0.15, 0.2) is 0 Å². The predicted molar refractivity (Wildman–Crippen MR) is 51.2 cm³/mol. The molecule has 0 aliphatic carbocycles. The zero-order chi connectivity index (χ0) is 10.1. The number of rotatable bonds is 2. The molecule has 1 saturated heterocycles. The van der Waals surface area contributed by atoms with Gasteiger partial charge in [-0.2, -0.15) is 0 Å². The number of aliphatic hydroxyl groups excluding tert-OH is 1. The smallest absolute Gasteiger partial charge is 0.220 e. The maximum Gasteiger partial charge on any atom is 0.220 e. The lowest BCUT2D eigenvalue weighted by Crippen LogP contribution is -2.38. The quantitative estimate of drug-likeness (QED) is 0.676. The van der Waals surface area contributed by atoms with E-state index in [9.17, 15) is 9.90 Å². The third-order valence-electron chi connectivity index (χ3n) is 2.31. The van der Waals surface area contributed by atoms with E-state index in [1.54, 1.807) is 0 Å². The summed E-state index contributed by atoms with van der Waals surface area (Å²) < 4.78 is 0. The molecule has 0 bridgehead atoms. The van der Waals surface area contributed by atoms with E-state index in [4.69, 9.17) is 0 Å². The Morgan fingerprint density at radius 1 is 1.62 bits per heavy atom. The highest BCUT2D eigenvalue weighted by atomic mass is 16.3. The first-order chi connectivity index (χ1) is 5.88. The van der Waals surface area contributed by atoms with E-state index in [-0.39, 0.29) is 17.4 Å². The molecular formula is C10H19NO2. The third kappa shape index (κ3) is 3.35. The van der Waals surface area contributed by atoms with Crippen LogP contribution < -0.4 is 5.32 Å². The molecule has 0 radical (unpaired) electrons. The van der Waals surface area contributed by atoms with Gasteiger partial charge in [0.05, 0.1) is 12.1 Å². The van der Waals surface area contributed by atoms with Crippen LogP contribution in [-0.2, 0) is 4.79 Å². The van der Waals surface area contributed by atoms with E-state index >= 15 is 0 Å². The first-order valence-electron chi connectivity index (χ1n) is 4.86. The molecule has 1 fully saturated rings. The maximum absolute atomic E-state index is 10.9. The number of aliphatic hydroxyl groups is 1. The van der Waals surface area contributed by atoms with Crippen molar-refractivity contribution in [1.82, 2.24) is 5.32 Å². The van der Waals surface area contributed by atoms with Gasteiger partial charge in [-0.3, -0.25) is 4.79 Å². The number of amides is 1. The third-order valence-corrected chi connectivity index (χ3v) is 2.31. The van der Waals surface area contributed by atoms with Crippen LogP contribution >= 0.6 is 0 Å². The molecule has 1 rings (SSSR count). The Labute approximate surface area is 79.5 Å². The molecule has 0 spiro atoms. The Balaban J connectivity index is 2.40. The lowest BCUT2D eigenvalue weighted by Gasteiger charge is -2.26. The topological polar surface area (TPSA) is 49.3 Å². The highest BCUT2D eigenvalue weighted by Crippen LogP contribution is 2.24. The van der Waals surface area contributed by atoms with Gasteiger partial charge in [0, 0.05) is 6.42 Å². The molecule has 13 heavy (non-hydrogen) atoms. The number of carbonyl (C=O) groups is 1. The fourth-order valence-corrected chi connectivity index (χ4v) is 1.70. The average molecular weight is 185 g/mol. The molecule has 0 aromatic heterocycles. The van der Waals surface area contributed by atoms with Gasteiger partial charge in [-0.1, -0.05) is 20.8 Å². The first kappa shape index (κ1) is 10.5. The summed E-state index contributed by atoms with van der Waals surface area (Å²) in [6, 6.07) is -0.0216. The second-order valence-corrected chi connectivity index (χ2v) is 5.04. The lowest BCUT2D eigenvalue weighted by molar-refractivity contribution is -0.119. The molecule has 1 aliphatic heterocycles. The lowest BCUT2D eigenvalue weighted by atomic mass is 9.86. The van der Waals surface area contributed by atoms with Gasteiger partial charge in [0.2, 0.25) is 5.91 Å². The molecular weight excluding hydrogens is 166 g/mol. The van der Waals surface area contributed by atoms with Crippen molar-refractivity contribution in [2.24, 2.45) is 5.41 Å². The van der Waals surface area contributed by atoms with E-state index < -0.39 is 6.10 Å². The van der Waals surface area contributed by atoms with E-state index in [0.29, 0.717) is 6.42 Å². The van der Waals surface area contributed by atoms with Crippen LogP contribution in [0.4, 0.5) is 0 Å². The van der Waals surface area contributed by atoms with Gasteiger partial charge in [0.1, 0.15) is 0 Å². The van der Waals surface area contributed by atoms with Crippen molar-refractivity contribution < 1.29 is 9.90 Å². The average Bonchev–Trinajstić information content (AvgIpc) is 2.31. The van der Waals surface area contributed by atoms with Crippen molar-refractivity contribution in [3.63, 3.8) is 0 Å². The number of nitrogens with one attached hydrogen (secondary N) is 1. The summed E-state index contributed by atoms with van der Waals surface area (Å²) in [6.07, 6.45) is 1.67. The van der Waals surface area contributed by atoms with Gasteiger partial charge < -0.3 is 10.4 Å². The van der Waals surface area contributed by atoms with Crippen molar-refractivity contribution in [3.8, 4) is 0 Å². The minimum absolute atomic E-state index is 0.0216. The fraction of sp³-hybridized carbons (Fsp3) is 0.900. The first-order valence-corrected chi connectivity index (χ1v) is 4.86. The Bertz CT molecular complexity index is 196.